The minimum atomic E-state index is 0.572. The molecular formula is C24H39N3. The Labute approximate surface area is 165 Å². The first kappa shape index (κ1) is 18.2. The summed E-state index contributed by atoms with van der Waals surface area (Å²) in [6.07, 6.45) is 17.2. The van der Waals surface area contributed by atoms with Crippen molar-refractivity contribution in [3.63, 3.8) is 0 Å². The maximum atomic E-state index is 4.38. The van der Waals surface area contributed by atoms with E-state index in [0.29, 0.717) is 11.3 Å². The molecule has 1 aromatic heterocycles. The Morgan fingerprint density at radius 1 is 0.963 bits per heavy atom. The number of hydrogen-bond acceptors (Lipinski definition) is 2. The Morgan fingerprint density at radius 2 is 1.74 bits per heavy atom. The van der Waals surface area contributed by atoms with Gasteiger partial charge in [0.1, 0.15) is 0 Å². The van der Waals surface area contributed by atoms with Gasteiger partial charge < -0.3 is 0 Å². The summed E-state index contributed by atoms with van der Waals surface area (Å²) in [5, 5.41) is 8.75. The van der Waals surface area contributed by atoms with E-state index >= 15 is 0 Å². The van der Waals surface area contributed by atoms with Gasteiger partial charge in [0.25, 0.3) is 0 Å². The second kappa shape index (κ2) is 6.88. The number of aromatic nitrogens is 3. The molecule has 4 aliphatic rings. The molecule has 0 spiro atoms. The van der Waals surface area contributed by atoms with Gasteiger partial charge in [-0.3, -0.25) is 0 Å². The summed E-state index contributed by atoms with van der Waals surface area (Å²) in [6.45, 7) is 8.63. The van der Waals surface area contributed by atoms with Crippen LogP contribution in [0.2, 0.25) is 0 Å². The maximum Gasteiger partial charge on any atom is 0.0693 e. The third-order valence-electron chi connectivity index (χ3n) is 9.89. The highest BCUT2D eigenvalue weighted by Crippen LogP contribution is 2.65. The Hall–Kier alpha value is -0.860. The first-order valence-corrected chi connectivity index (χ1v) is 11.9. The fraction of sp³-hybridized carbons (Fsp3) is 0.917. The quantitative estimate of drug-likeness (QED) is 0.672. The van der Waals surface area contributed by atoms with Crippen molar-refractivity contribution in [1.29, 1.82) is 0 Å². The Morgan fingerprint density at radius 3 is 2.56 bits per heavy atom. The van der Waals surface area contributed by atoms with Crippen LogP contribution in [0.5, 0.6) is 0 Å². The van der Waals surface area contributed by atoms with Crippen molar-refractivity contribution >= 4 is 0 Å². The summed E-state index contributed by atoms with van der Waals surface area (Å²) in [6, 6.07) is 0. The summed E-state index contributed by atoms with van der Waals surface area (Å²) in [4.78, 5) is 1.92. The highest BCUT2D eigenvalue weighted by atomic mass is 15.5. The molecule has 3 nitrogen and oxygen atoms in total. The Kier molecular flexibility index (Phi) is 4.64. The zero-order chi connectivity index (χ0) is 18.6. The van der Waals surface area contributed by atoms with E-state index in [-0.39, 0.29) is 0 Å². The minimum Gasteiger partial charge on any atom is -0.185 e. The molecule has 3 unspecified atom stereocenters. The summed E-state index contributed by atoms with van der Waals surface area (Å²) in [7, 11) is 0. The summed E-state index contributed by atoms with van der Waals surface area (Å²) < 4.78 is 0. The van der Waals surface area contributed by atoms with E-state index in [1.165, 1.54) is 38.5 Å². The van der Waals surface area contributed by atoms with Crippen LogP contribution in [-0.4, -0.2) is 15.0 Å². The molecule has 0 amide bonds. The monoisotopic (exact) mass is 369 g/mol. The zero-order valence-corrected chi connectivity index (χ0v) is 17.7. The first-order valence-electron chi connectivity index (χ1n) is 11.9. The van der Waals surface area contributed by atoms with Crippen molar-refractivity contribution in [2.45, 2.75) is 85.1 Å². The number of nitrogens with zero attached hydrogens (tertiary/aromatic N) is 3. The summed E-state index contributed by atoms with van der Waals surface area (Å²) in [5.41, 5.74) is 0.572. The number of fused-ring (bicyclic) bond motifs is 5. The van der Waals surface area contributed by atoms with Crippen molar-refractivity contribution in [2.24, 2.45) is 52.8 Å². The van der Waals surface area contributed by atoms with E-state index in [1.807, 2.05) is 17.2 Å². The molecule has 0 aromatic carbocycles. The molecule has 1 aromatic rings. The van der Waals surface area contributed by atoms with Crippen molar-refractivity contribution in [1.82, 2.24) is 15.0 Å². The third-order valence-corrected chi connectivity index (χ3v) is 9.89. The molecule has 0 saturated heterocycles. The highest BCUT2D eigenvalue weighted by molar-refractivity contribution is 5.06. The molecular weight excluding hydrogens is 330 g/mol. The van der Waals surface area contributed by atoms with Crippen molar-refractivity contribution < 1.29 is 0 Å². The van der Waals surface area contributed by atoms with Crippen LogP contribution in [0.4, 0.5) is 0 Å². The third kappa shape index (κ3) is 2.99. The maximum absolute atomic E-state index is 4.38. The van der Waals surface area contributed by atoms with Gasteiger partial charge in [-0.1, -0.05) is 27.2 Å². The van der Waals surface area contributed by atoms with Crippen LogP contribution in [0.1, 0.15) is 78.6 Å². The van der Waals surface area contributed by atoms with Gasteiger partial charge in [0, 0.05) is 0 Å². The highest BCUT2D eigenvalue weighted by Gasteiger charge is 2.57. The fourth-order valence-corrected chi connectivity index (χ4v) is 8.79. The second-order valence-corrected chi connectivity index (χ2v) is 11.1. The van der Waals surface area contributed by atoms with Crippen LogP contribution in [0.15, 0.2) is 12.4 Å². The predicted molar refractivity (Wildman–Crippen MR) is 109 cm³/mol. The Balaban J connectivity index is 1.32. The number of hydrogen-bond donors (Lipinski definition) is 0. The normalized spacial score (nSPS) is 47.7. The smallest absolute Gasteiger partial charge is 0.0693 e. The molecule has 0 bridgehead atoms. The molecule has 9 atom stereocenters. The lowest BCUT2D eigenvalue weighted by Gasteiger charge is -2.56. The van der Waals surface area contributed by atoms with Gasteiger partial charge in [0.2, 0.25) is 0 Å². The van der Waals surface area contributed by atoms with Gasteiger partial charge >= 0.3 is 0 Å². The van der Waals surface area contributed by atoms with Crippen LogP contribution in [-0.2, 0) is 6.54 Å². The van der Waals surface area contributed by atoms with Crippen molar-refractivity contribution in [2.75, 3.05) is 0 Å². The van der Waals surface area contributed by atoms with Gasteiger partial charge in [-0.2, -0.15) is 15.0 Å². The van der Waals surface area contributed by atoms with Gasteiger partial charge in [0.15, 0.2) is 0 Å². The molecule has 4 saturated carbocycles. The summed E-state index contributed by atoms with van der Waals surface area (Å²) in [5.74, 6) is 7.79. The average Bonchev–Trinajstić information content (AvgIpc) is 3.28. The lowest BCUT2D eigenvalue weighted by atomic mass is 9.49. The molecule has 1 heterocycles. The SMILES string of the molecule is C[C@H]1CC[C@@H]2C3CC[C@@]4(C)C(CCC4[C@H](C)Cn4nccn4)[C@@H]3CC[C@@H]2C1. The van der Waals surface area contributed by atoms with E-state index in [2.05, 4.69) is 31.0 Å². The Bertz CT molecular complexity index is 640. The molecule has 150 valence electrons. The fourth-order valence-electron chi connectivity index (χ4n) is 8.79. The molecule has 3 heteroatoms. The average molecular weight is 370 g/mol. The lowest BCUT2D eigenvalue weighted by Crippen LogP contribution is -2.49. The number of rotatable bonds is 3. The van der Waals surface area contributed by atoms with Crippen LogP contribution in [0, 0.1) is 52.8 Å². The molecule has 27 heavy (non-hydrogen) atoms. The van der Waals surface area contributed by atoms with Crippen molar-refractivity contribution in [3.05, 3.63) is 12.4 Å². The van der Waals surface area contributed by atoms with Crippen molar-refractivity contribution in [3.8, 4) is 0 Å². The molecule has 0 aliphatic heterocycles. The molecule has 5 rings (SSSR count). The first-order chi connectivity index (χ1) is 13.1. The van der Waals surface area contributed by atoms with E-state index in [0.717, 1.165) is 48.0 Å². The van der Waals surface area contributed by atoms with Gasteiger partial charge in [-0.15, -0.1) is 0 Å². The second-order valence-electron chi connectivity index (χ2n) is 11.1. The summed E-state index contributed by atoms with van der Waals surface area (Å²) >= 11 is 0. The van der Waals surface area contributed by atoms with E-state index in [9.17, 15) is 0 Å². The standard InChI is InChI=1S/C24H39N3/c1-16-4-6-19-18(14-16)5-7-21-20(19)10-11-24(3)22(8-9-23(21)24)17(2)15-27-25-12-13-26-27/h12-13,16-23H,4-11,14-15H2,1-3H3/t16-,17+,18+,19-,20?,21+,22?,23?,24+/m0/s1. The predicted octanol–water partition coefficient (Wildman–Crippen LogP) is 5.82. The van der Waals surface area contributed by atoms with E-state index in [1.54, 1.807) is 19.3 Å². The van der Waals surface area contributed by atoms with E-state index < -0.39 is 0 Å². The van der Waals surface area contributed by atoms with Crippen LogP contribution in [0.3, 0.4) is 0 Å². The largest absolute Gasteiger partial charge is 0.185 e. The topological polar surface area (TPSA) is 30.7 Å². The van der Waals surface area contributed by atoms with Gasteiger partial charge in [-0.25, -0.2) is 0 Å². The van der Waals surface area contributed by atoms with Crippen LogP contribution in [0.25, 0.3) is 0 Å². The lowest BCUT2D eigenvalue weighted by molar-refractivity contribution is -0.0739. The van der Waals surface area contributed by atoms with Crippen LogP contribution < -0.4 is 0 Å². The minimum absolute atomic E-state index is 0.572. The van der Waals surface area contributed by atoms with Crippen LogP contribution >= 0.6 is 0 Å². The van der Waals surface area contributed by atoms with E-state index in [4.69, 9.17) is 0 Å². The molecule has 0 N–H and O–H groups in total. The molecule has 4 aliphatic carbocycles. The molecule has 0 radical (unpaired) electrons. The zero-order valence-electron chi connectivity index (χ0n) is 17.7. The molecule has 4 fully saturated rings. The van der Waals surface area contributed by atoms with Gasteiger partial charge in [0.05, 0.1) is 18.9 Å². The van der Waals surface area contributed by atoms with Gasteiger partial charge in [-0.05, 0) is 104 Å².